The second-order valence-corrected chi connectivity index (χ2v) is 8.77. The van der Waals surface area contributed by atoms with Crippen molar-refractivity contribution in [2.24, 2.45) is 0 Å². The molecule has 6 nitrogen and oxygen atoms in total. The Hall–Kier alpha value is -3.22. The summed E-state index contributed by atoms with van der Waals surface area (Å²) >= 11 is 0. The molecule has 0 saturated carbocycles. The zero-order chi connectivity index (χ0) is 23.2. The van der Waals surface area contributed by atoms with Crippen molar-refractivity contribution in [3.05, 3.63) is 83.0 Å². The molecule has 2 aromatic rings. The average Bonchev–Trinajstić information content (AvgIpc) is 3.32. The van der Waals surface area contributed by atoms with Crippen LogP contribution in [0.2, 0.25) is 0 Å². The fraction of sp³-hybridized carbons (Fsp3) is 0.333. The fourth-order valence-corrected chi connectivity index (χ4v) is 4.86. The van der Waals surface area contributed by atoms with Gasteiger partial charge in [0.05, 0.1) is 20.3 Å². The van der Waals surface area contributed by atoms with E-state index in [1.54, 1.807) is 26.4 Å². The van der Waals surface area contributed by atoms with Gasteiger partial charge < -0.3 is 18.9 Å². The van der Waals surface area contributed by atoms with Crippen molar-refractivity contribution >= 4 is 11.6 Å². The van der Waals surface area contributed by atoms with Crippen LogP contribution in [0.3, 0.4) is 0 Å². The SMILES string of the molecule is COc1cc2c(cc1OC)[C@]1(CCC3(C=CC(=O)C=C3)O1)O[C@@H]2CC(=O)c1ccc(C)cc1. The summed E-state index contributed by atoms with van der Waals surface area (Å²) in [7, 11) is 3.17. The molecule has 2 spiro atoms. The first-order valence-electron chi connectivity index (χ1n) is 11.0. The molecule has 0 N–H and O–H groups in total. The van der Waals surface area contributed by atoms with Crippen LogP contribution in [0.15, 0.2) is 60.7 Å². The zero-order valence-corrected chi connectivity index (χ0v) is 18.9. The van der Waals surface area contributed by atoms with E-state index in [9.17, 15) is 9.59 Å². The Morgan fingerprint density at radius 1 is 1.03 bits per heavy atom. The first-order chi connectivity index (χ1) is 15.9. The lowest BCUT2D eigenvalue weighted by molar-refractivity contribution is -0.250. The third kappa shape index (κ3) is 3.69. The summed E-state index contributed by atoms with van der Waals surface area (Å²) < 4.78 is 24.2. The zero-order valence-electron chi connectivity index (χ0n) is 18.9. The van der Waals surface area contributed by atoms with Gasteiger partial charge in [-0.25, -0.2) is 0 Å². The van der Waals surface area contributed by atoms with Crippen molar-refractivity contribution in [1.82, 2.24) is 0 Å². The highest BCUT2D eigenvalue weighted by Gasteiger charge is 2.56. The summed E-state index contributed by atoms with van der Waals surface area (Å²) in [5, 5.41) is 0. The minimum Gasteiger partial charge on any atom is -0.493 e. The average molecular weight is 446 g/mol. The summed E-state index contributed by atoms with van der Waals surface area (Å²) in [6.45, 7) is 1.99. The molecule has 1 aliphatic carbocycles. The van der Waals surface area contributed by atoms with E-state index >= 15 is 0 Å². The molecular formula is C27H26O6. The van der Waals surface area contributed by atoms with Gasteiger partial charge in [0, 0.05) is 24.0 Å². The summed E-state index contributed by atoms with van der Waals surface area (Å²) in [5.41, 5.74) is 2.71. The predicted octanol–water partition coefficient (Wildman–Crippen LogP) is 4.75. The van der Waals surface area contributed by atoms with Crippen LogP contribution in [-0.4, -0.2) is 31.4 Å². The highest BCUT2D eigenvalue weighted by atomic mass is 16.7. The van der Waals surface area contributed by atoms with Gasteiger partial charge in [-0.05, 0) is 55.3 Å². The van der Waals surface area contributed by atoms with Crippen molar-refractivity contribution in [2.75, 3.05) is 14.2 Å². The molecule has 33 heavy (non-hydrogen) atoms. The molecule has 1 saturated heterocycles. The number of fused-ring (bicyclic) bond motifs is 2. The molecule has 0 aromatic heterocycles. The highest BCUT2D eigenvalue weighted by molar-refractivity contribution is 6.00. The number of hydrogen-bond acceptors (Lipinski definition) is 6. The maximum Gasteiger partial charge on any atom is 0.197 e. The smallest absolute Gasteiger partial charge is 0.197 e. The van der Waals surface area contributed by atoms with E-state index in [0.29, 0.717) is 29.9 Å². The van der Waals surface area contributed by atoms with Crippen molar-refractivity contribution in [3.63, 3.8) is 0 Å². The number of carbonyl (C=O) groups is 2. The molecule has 2 heterocycles. The Balaban J connectivity index is 1.52. The number of ether oxygens (including phenoxy) is 4. The molecule has 6 heteroatoms. The van der Waals surface area contributed by atoms with E-state index in [1.165, 1.54) is 12.2 Å². The maximum atomic E-state index is 13.1. The largest absolute Gasteiger partial charge is 0.493 e. The van der Waals surface area contributed by atoms with Gasteiger partial charge in [0.15, 0.2) is 28.9 Å². The number of carbonyl (C=O) groups excluding carboxylic acids is 2. The molecule has 2 atom stereocenters. The molecule has 0 radical (unpaired) electrons. The second-order valence-electron chi connectivity index (χ2n) is 8.77. The summed E-state index contributed by atoms with van der Waals surface area (Å²) in [6, 6.07) is 11.3. The lowest BCUT2D eigenvalue weighted by Crippen LogP contribution is -2.32. The Morgan fingerprint density at radius 3 is 2.36 bits per heavy atom. The van der Waals surface area contributed by atoms with E-state index in [-0.39, 0.29) is 18.0 Å². The molecular weight excluding hydrogens is 420 g/mol. The van der Waals surface area contributed by atoms with Crippen LogP contribution in [0.25, 0.3) is 0 Å². The summed E-state index contributed by atoms with van der Waals surface area (Å²) in [4.78, 5) is 24.8. The molecule has 2 aromatic carbocycles. The quantitative estimate of drug-likeness (QED) is 0.617. The Kier molecular flexibility index (Phi) is 5.22. The van der Waals surface area contributed by atoms with Crippen molar-refractivity contribution in [2.45, 2.75) is 43.7 Å². The van der Waals surface area contributed by atoms with Gasteiger partial charge in [-0.1, -0.05) is 29.8 Å². The molecule has 1 fully saturated rings. The van der Waals surface area contributed by atoms with Gasteiger partial charge in [0.1, 0.15) is 5.60 Å². The van der Waals surface area contributed by atoms with Crippen molar-refractivity contribution < 1.29 is 28.5 Å². The number of methoxy groups -OCH3 is 2. The minimum atomic E-state index is -1.04. The molecule has 2 aliphatic heterocycles. The van der Waals surface area contributed by atoms with Crippen LogP contribution in [0.5, 0.6) is 11.5 Å². The first kappa shape index (κ1) is 21.6. The van der Waals surface area contributed by atoms with E-state index in [2.05, 4.69) is 0 Å². The van der Waals surface area contributed by atoms with Gasteiger partial charge in [-0.3, -0.25) is 9.59 Å². The number of benzene rings is 2. The number of ketones is 2. The lowest BCUT2D eigenvalue weighted by Gasteiger charge is -2.30. The standard InChI is InChI=1S/C27H26O6/c1-17-4-6-18(7-5-17)22(29)16-23-20-14-24(30-2)25(31-3)15-21(20)27(32-23)13-12-26(33-27)10-8-19(28)9-11-26/h4-11,14-15,23H,12-13,16H2,1-3H3/t23-,27-/m1/s1. The molecule has 5 rings (SSSR count). The topological polar surface area (TPSA) is 71.1 Å². The van der Waals surface area contributed by atoms with Gasteiger partial charge >= 0.3 is 0 Å². The lowest BCUT2D eigenvalue weighted by atomic mass is 9.92. The number of Topliss-reactive ketones (excluding diaryl/α,β-unsaturated/α-hetero) is 1. The van der Waals surface area contributed by atoms with E-state index in [4.69, 9.17) is 18.9 Å². The number of rotatable bonds is 5. The third-order valence-electron chi connectivity index (χ3n) is 6.65. The Morgan fingerprint density at radius 2 is 1.70 bits per heavy atom. The predicted molar refractivity (Wildman–Crippen MR) is 122 cm³/mol. The van der Waals surface area contributed by atoms with Gasteiger partial charge in [0.25, 0.3) is 0 Å². The molecule has 0 bridgehead atoms. The van der Waals surface area contributed by atoms with Gasteiger partial charge in [-0.15, -0.1) is 0 Å². The summed E-state index contributed by atoms with van der Waals surface area (Å²) in [5.74, 6) is 0.0291. The number of hydrogen-bond donors (Lipinski definition) is 0. The molecule has 0 amide bonds. The second kappa shape index (κ2) is 7.97. The number of allylic oxidation sites excluding steroid dienone is 2. The number of aryl methyl sites for hydroxylation is 1. The van der Waals surface area contributed by atoms with Crippen LogP contribution in [-0.2, 0) is 20.1 Å². The van der Waals surface area contributed by atoms with Crippen molar-refractivity contribution in [1.29, 1.82) is 0 Å². The molecule has 170 valence electrons. The monoisotopic (exact) mass is 446 g/mol. The van der Waals surface area contributed by atoms with Crippen LogP contribution < -0.4 is 9.47 Å². The van der Waals surface area contributed by atoms with Crippen molar-refractivity contribution in [3.8, 4) is 11.5 Å². The van der Waals surface area contributed by atoms with Crippen LogP contribution in [0, 0.1) is 6.92 Å². The molecule has 0 unspecified atom stereocenters. The van der Waals surface area contributed by atoms with Crippen LogP contribution in [0.1, 0.15) is 52.4 Å². The van der Waals surface area contributed by atoms with Crippen LogP contribution >= 0.6 is 0 Å². The third-order valence-corrected chi connectivity index (χ3v) is 6.65. The van der Waals surface area contributed by atoms with E-state index in [1.807, 2.05) is 43.3 Å². The minimum absolute atomic E-state index is 0.00597. The van der Waals surface area contributed by atoms with E-state index in [0.717, 1.165) is 16.7 Å². The van der Waals surface area contributed by atoms with Gasteiger partial charge in [-0.2, -0.15) is 0 Å². The van der Waals surface area contributed by atoms with Gasteiger partial charge in [0.2, 0.25) is 0 Å². The fourth-order valence-electron chi connectivity index (χ4n) is 4.86. The Bertz CT molecular complexity index is 1160. The highest BCUT2D eigenvalue weighted by Crippen LogP contribution is 2.57. The molecule has 3 aliphatic rings. The summed E-state index contributed by atoms with van der Waals surface area (Å²) in [6.07, 6.45) is 7.55. The normalized spacial score (nSPS) is 24.5. The Labute approximate surface area is 192 Å². The van der Waals surface area contributed by atoms with E-state index < -0.39 is 17.5 Å². The maximum absolute atomic E-state index is 13.1. The first-order valence-corrected chi connectivity index (χ1v) is 11.0. The van der Waals surface area contributed by atoms with Crippen LogP contribution in [0.4, 0.5) is 0 Å².